The minimum Gasteiger partial charge on any atom is -0.381 e. The third-order valence-corrected chi connectivity index (χ3v) is 6.04. The molecule has 23 heavy (non-hydrogen) atoms. The molecule has 4 nitrogen and oxygen atoms in total. The van der Waals surface area contributed by atoms with Gasteiger partial charge in [0.25, 0.3) is 0 Å². The normalized spacial score (nSPS) is 31.4. The first-order chi connectivity index (χ1) is 11.3. The van der Waals surface area contributed by atoms with E-state index in [1.54, 1.807) is 0 Å². The predicted molar refractivity (Wildman–Crippen MR) is 88.9 cm³/mol. The Bertz CT molecular complexity index is 572. The summed E-state index contributed by atoms with van der Waals surface area (Å²) in [6.07, 6.45) is 13.8. The number of carbonyl (C=O) groups excluding carboxylic acids is 1. The van der Waals surface area contributed by atoms with Gasteiger partial charge in [-0.05, 0) is 55.6 Å². The number of hydrogen-bond donors (Lipinski definition) is 1. The predicted octanol–water partition coefficient (Wildman–Crippen LogP) is 2.71. The van der Waals surface area contributed by atoms with Crippen molar-refractivity contribution in [3.8, 4) is 0 Å². The van der Waals surface area contributed by atoms with Crippen LogP contribution in [0.25, 0.3) is 0 Å². The Labute approximate surface area is 137 Å². The van der Waals surface area contributed by atoms with Crippen LogP contribution in [0.3, 0.4) is 0 Å². The van der Waals surface area contributed by atoms with E-state index in [1.165, 1.54) is 12.8 Å². The topological polar surface area (TPSA) is 43.3 Å². The van der Waals surface area contributed by atoms with Crippen LogP contribution in [0.4, 0.5) is 0 Å². The number of nitrogens with one attached hydrogen (secondary N) is 1. The molecule has 1 amide bonds. The van der Waals surface area contributed by atoms with E-state index in [4.69, 9.17) is 4.74 Å². The summed E-state index contributed by atoms with van der Waals surface area (Å²) in [6.45, 7) is 2.31. The third-order valence-electron chi connectivity index (χ3n) is 6.04. The minimum atomic E-state index is -0.111. The van der Waals surface area contributed by atoms with Crippen molar-refractivity contribution in [3.05, 3.63) is 36.7 Å². The van der Waals surface area contributed by atoms with Gasteiger partial charge in [0.1, 0.15) is 0 Å². The number of rotatable bonds is 5. The zero-order valence-corrected chi connectivity index (χ0v) is 13.6. The lowest BCUT2D eigenvalue weighted by molar-refractivity contribution is -0.124. The van der Waals surface area contributed by atoms with Crippen LogP contribution in [0.15, 0.2) is 36.7 Å². The van der Waals surface area contributed by atoms with E-state index >= 15 is 0 Å². The molecule has 2 bridgehead atoms. The van der Waals surface area contributed by atoms with Gasteiger partial charge in [0.05, 0.1) is 12.0 Å². The first-order valence-electron chi connectivity index (χ1n) is 8.91. The largest absolute Gasteiger partial charge is 0.381 e. The average molecular weight is 314 g/mol. The van der Waals surface area contributed by atoms with Gasteiger partial charge in [0.15, 0.2) is 0 Å². The van der Waals surface area contributed by atoms with E-state index in [1.807, 2.05) is 12.1 Å². The number of ether oxygens (including phenoxy) is 1. The minimum absolute atomic E-state index is 0.111. The fourth-order valence-corrected chi connectivity index (χ4v) is 4.66. The van der Waals surface area contributed by atoms with Crippen molar-refractivity contribution in [2.24, 2.45) is 17.8 Å². The van der Waals surface area contributed by atoms with E-state index in [-0.39, 0.29) is 11.4 Å². The number of hydrogen-bond acceptors (Lipinski definition) is 2. The highest BCUT2D eigenvalue weighted by Crippen LogP contribution is 2.43. The summed E-state index contributed by atoms with van der Waals surface area (Å²) in [5.41, 5.74) is -0.111. The number of carbonyl (C=O) groups is 1. The maximum Gasteiger partial charge on any atom is 0.222 e. The van der Waals surface area contributed by atoms with Crippen LogP contribution >= 0.6 is 0 Å². The lowest BCUT2D eigenvalue weighted by Gasteiger charge is -2.38. The van der Waals surface area contributed by atoms with E-state index in [2.05, 4.69) is 34.4 Å². The summed E-state index contributed by atoms with van der Waals surface area (Å²) in [5.74, 6) is 2.30. The van der Waals surface area contributed by atoms with Gasteiger partial charge in [-0.1, -0.05) is 12.2 Å². The first kappa shape index (κ1) is 15.0. The van der Waals surface area contributed by atoms with Crippen LogP contribution < -0.4 is 5.32 Å². The van der Waals surface area contributed by atoms with Crippen molar-refractivity contribution in [3.63, 3.8) is 0 Å². The summed E-state index contributed by atoms with van der Waals surface area (Å²) >= 11 is 0. The molecule has 2 aliphatic carbocycles. The molecule has 4 heteroatoms. The van der Waals surface area contributed by atoms with Gasteiger partial charge in [-0.15, -0.1) is 0 Å². The molecule has 2 heterocycles. The van der Waals surface area contributed by atoms with E-state index in [0.29, 0.717) is 18.3 Å². The fraction of sp³-hybridized carbons (Fsp3) is 0.632. The molecule has 1 aliphatic heterocycles. The summed E-state index contributed by atoms with van der Waals surface area (Å²) < 4.78 is 7.74. The zero-order chi connectivity index (χ0) is 15.7. The second-order valence-corrected chi connectivity index (χ2v) is 7.45. The lowest BCUT2D eigenvalue weighted by Crippen LogP contribution is -2.44. The molecule has 2 fully saturated rings. The number of allylic oxidation sites excluding steroid dienone is 2. The highest BCUT2D eigenvalue weighted by Gasteiger charge is 2.38. The van der Waals surface area contributed by atoms with Gasteiger partial charge in [-0.2, -0.15) is 0 Å². The van der Waals surface area contributed by atoms with Crippen molar-refractivity contribution in [1.29, 1.82) is 0 Å². The summed E-state index contributed by atoms with van der Waals surface area (Å²) in [6, 6.07) is 4.08. The molecule has 1 saturated carbocycles. The van der Waals surface area contributed by atoms with Crippen molar-refractivity contribution >= 4 is 5.91 Å². The third kappa shape index (κ3) is 2.97. The lowest BCUT2D eigenvalue weighted by atomic mass is 9.85. The van der Waals surface area contributed by atoms with E-state index < -0.39 is 0 Å². The van der Waals surface area contributed by atoms with Gasteiger partial charge >= 0.3 is 0 Å². The Balaban J connectivity index is 1.37. The SMILES string of the molecule is O=C(CC1(n2cccc2)CCOCC1)NC[C@H]1C[C@H]2C=C[C@H]1C2. The molecule has 3 aliphatic rings. The molecule has 1 N–H and O–H groups in total. The molecule has 0 spiro atoms. The van der Waals surface area contributed by atoms with Gasteiger partial charge < -0.3 is 14.6 Å². The van der Waals surface area contributed by atoms with Crippen molar-refractivity contribution in [2.75, 3.05) is 19.8 Å². The number of amides is 1. The molecule has 1 aromatic heterocycles. The molecule has 4 rings (SSSR count). The van der Waals surface area contributed by atoms with Crippen LogP contribution in [0, 0.1) is 17.8 Å². The van der Waals surface area contributed by atoms with Crippen LogP contribution in [-0.2, 0) is 15.1 Å². The van der Waals surface area contributed by atoms with Gasteiger partial charge in [-0.25, -0.2) is 0 Å². The smallest absolute Gasteiger partial charge is 0.222 e. The molecule has 1 saturated heterocycles. The van der Waals surface area contributed by atoms with E-state index in [0.717, 1.165) is 38.5 Å². The summed E-state index contributed by atoms with van der Waals surface area (Å²) in [4.78, 5) is 12.6. The maximum absolute atomic E-state index is 12.6. The van der Waals surface area contributed by atoms with Crippen molar-refractivity contribution in [1.82, 2.24) is 9.88 Å². The standard InChI is InChI=1S/C19H26N2O2/c22-18(20-14-17-12-15-3-4-16(17)11-15)13-19(5-9-23-10-6-19)21-7-1-2-8-21/h1-4,7-8,15-17H,5-6,9-14H2,(H,20,22)/t15-,16-,17+/m0/s1. The quantitative estimate of drug-likeness (QED) is 0.849. The number of aromatic nitrogens is 1. The molecule has 124 valence electrons. The Morgan fingerprint density at radius 1 is 1.17 bits per heavy atom. The zero-order valence-electron chi connectivity index (χ0n) is 13.6. The highest BCUT2D eigenvalue weighted by atomic mass is 16.5. The molecular weight excluding hydrogens is 288 g/mol. The second-order valence-electron chi connectivity index (χ2n) is 7.45. The highest BCUT2D eigenvalue weighted by molar-refractivity contribution is 5.77. The fourth-order valence-electron chi connectivity index (χ4n) is 4.66. The number of fused-ring (bicyclic) bond motifs is 2. The Hall–Kier alpha value is -1.55. The number of nitrogens with zero attached hydrogens (tertiary/aromatic N) is 1. The maximum atomic E-state index is 12.6. The van der Waals surface area contributed by atoms with Gasteiger partial charge in [-0.3, -0.25) is 4.79 Å². The Kier molecular flexibility index (Phi) is 4.02. The first-order valence-corrected chi connectivity index (χ1v) is 8.91. The molecule has 0 aromatic carbocycles. The van der Waals surface area contributed by atoms with Crippen LogP contribution in [0.5, 0.6) is 0 Å². The van der Waals surface area contributed by atoms with Crippen LogP contribution in [-0.4, -0.2) is 30.2 Å². The van der Waals surface area contributed by atoms with Gasteiger partial charge in [0.2, 0.25) is 5.91 Å². The molecule has 0 radical (unpaired) electrons. The summed E-state index contributed by atoms with van der Waals surface area (Å²) in [7, 11) is 0. The molecule has 1 aromatic rings. The Morgan fingerprint density at radius 3 is 2.61 bits per heavy atom. The van der Waals surface area contributed by atoms with Crippen LogP contribution in [0.2, 0.25) is 0 Å². The molecule has 3 atom stereocenters. The van der Waals surface area contributed by atoms with Gasteiger partial charge in [0, 0.05) is 32.2 Å². The molecular formula is C19H26N2O2. The average Bonchev–Trinajstić information content (AvgIpc) is 3.31. The Morgan fingerprint density at radius 2 is 1.96 bits per heavy atom. The monoisotopic (exact) mass is 314 g/mol. The second kappa shape index (κ2) is 6.16. The van der Waals surface area contributed by atoms with Crippen molar-refractivity contribution in [2.45, 2.75) is 37.6 Å². The van der Waals surface area contributed by atoms with Crippen LogP contribution in [0.1, 0.15) is 32.1 Å². The summed E-state index contributed by atoms with van der Waals surface area (Å²) in [5, 5.41) is 3.22. The van der Waals surface area contributed by atoms with E-state index in [9.17, 15) is 4.79 Å². The molecule has 0 unspecified atom stereocenters. The van der Waals surface area contributed by atoms with Crippen molar-refractivity contribution < 1.29 is 9.53 Å².